The van der Waals surface area contributed by atoms with Gasteiger partial charge in [0.15, 0.2) is 0 Å². The fraction of sp³-hybridized carbons (Fsp3) is 0.400. The highest BCUT2D eigenvalue weighted by Gasteiger charge is 2.18. The van der Waals surface area contributed by atoms with E-state index in [0.29, 0.717) is 6.04 Å². The topological polar surface area (TPSA) is 33.1 Å². The van der Waals surface area contributed by atoms with Gasteiger partial charge >= 0.3 is 0 Å². The molecule has 100 valence electrons. The Kier molecular flexibility index (Phi) is 3.25. The summed E-state index contributed by atoms with van der Waals surface area (Å²) in [4.78, 5) is 2.44. The fourth-order valence-electron chi connectivity index (χ4n) is 2.67. The van der Waals surface area contributed by atoms with Crippen molar-refractivity contribution in [1.82, 2.24) is 15.1 Å². The molecule has 1 aliphatic rings. The lowest BCUT2D eigenvalue weighted by atomic mass is 10.1. The first-order valence-corrected chi connectivity index (χ1v) is 6.76. The minimum Gasteiger partial charge on any atom is -0.365 e. The van der Waals surface area contributed by atoms with Crippen molar-refractivity contribution in [2.75, 3.05) is 11.4 Å². The zero-order valence-corrected chi connectivity index (χ0v) is 11.5. The van der Waals surface area contributed by atoms with Crippen LogP contribution in [0.15, 0.2) is 36.7 Å². The van der Waals surface area contributed by atoms with Gasteiger partial charge in [0.2, 0.25) is 0 Å². The number of nitrogens with one attached hydrogen (secondary N) is 1. The number of aromatic nitrogens is 2. The normalized spacial score (nSPS) is 19.1. The first-order chi connectivity index (χ1) is 9.22. The van der Waals surface area contributed by atoms with Gasteiger partial charge in [-0.25, -0.2) is 0 Å². The van der Waals surface area contributed by atoms with Crippen molar-refractivity contribution in [1.29, 1.82) is 0 Å². The van der Waals surface area contributed by atoms with Crippen LogP contribution in [0.2, 0.25) is 0 Å². The zero-order chi connectivity index (χ0) is 13.2. The third kappa shape index (κ3) is 2.63. The van der Waals surface area contributed by atoms with E-state index >= 15 is 0 Å². The van der Waals surface area contributed by atoms with Gasteiger partial charge in [-0.15, -0.1) is 0 Å². The molecule has 1 N–H and O–H groups in total. The Morgan fingerprint density at radius 3 is 3.00 bits per heavy atom. The first kappa shape index (κ1) is 12.2. The molecule has 0 amide bonds. The van der Waals surface area contributed by atoms with Crippen LogP contribution in [-0.4, -0.2) is 22.4 Å². The van der Waals surface area contributed by atoms with Crippen molar-refractivity contribution in [2.45, 2.75) is 26.1 Å². The molecule has 4 heteroatoms. The number of fused-ring (bicyclic) bond motifs is 1. The van der Waals surface area contributed by atoms with Crippen LogP contribution in [0.25, 0.3) is 0 Å². The first-order valence-electron chi connectivity index (χ1n) is 6.76. The third-order valence-corrected chi connectivity index (χ3v) is 3.60. The molecule has 3 rings (SSSR count). The maximum absolute atomic E-state index is 4.25. The number of hydrogen-bond acceptors (Lipinski definition) is 3. The van der Waals surface area contributed by atoms with E-state index in [0.717, 1.165) is 19.6 Å². The Hall–Kier alpha value is -1.81. The lowest BCUT2D eigenvalue weighted by molar-refractivity contribution is 0.552. The average molecular weight is 256 g/mol. The Labute approximate surface area is 114 Å². The number of anilines is 1. The van der Waals surface area contributed by atoms with Gasteiger partial charge < -0.3 is 10.2 Å². The largest absolute Gasteiger partial charge is 0.365 e. The van der Waals surface area contributed by atoms with Crippen LogP contribution in [0.4, 0.5) is 5.69 Å². The second-order valence-electron chi connectivity index (χ2n) is 5.31. The van der Waals surface area contributed by atoms with E-state index in [-0.39, 0.29) is 0 Å². The molecule has 0 bridgehead atoms. The minimum absolute atomic E-state index is 0.490. The van der Waals surface area contributed by atoms with E-state index in [2.05, 4.69) is 52.7 Å². The molecule has 1 aromatic heterocycles. The second-order valence-corrected chi connectivity index (χ2v) is 5.31. The highest BCUT2D eigenvalue weighted by atomic mass is 15.2. The van der Waals surface area contributed by atoms with Crippen molar-refractivity contribution in [3.8, 4) is 0 Å². The quantitative estimate of drug-likeness (QED) is 0.891. The molecule has 0 spiro atoms. The van der Waals surface area contributed by atoms with Crippen molar-refractivity contribution in [2.24, 2.45) is 7.05 Å². The van der Waals surface area contributed by atoms with E-state index < -0.39 is 0 Å². The summed E-state index contributed by atoms with van der Waals surface area (Å²) in [6, 6.07) is 9.13. The van der Waals surface area contributed by atoms with Crippen LogP contribution >= 0.6 is 0 Å². The number of rotatable bonds is 2. The van der Waals surface area contributed by atoms with Gasteiger partial charge in [-0.05, 0) is 18.6 Å². The lowest BCUT2D eigenvalue weighted by Crippen LogP contribution is -2.35. The van der Waals surface area contributed by atoms with Gasteiger partial charge in [-0.2, -0.15) is 5.10 Å². The van der Waals surface area contributed by atoms with Crippen LogP contribution in [0.1, 0.15) is 18.1 Å². The Bertz CT molecular complexity index is 561. The highest BCUT2D eigenvalue weighted by molar-refractivity contribution is 5.54. The Morgan fingerprint density at radius 1 is 1.37 bits per heavy atom. The second kappa shape index (κ2) is 5.05. The van der Waals surface area contributed by atoms with Crippen LogP contribution < -0.4 is 10.2 Å². The molecule has 0 aliphatic carbocycles. The molecular weight excluding hydrogens is 236 g/mol. The van der Waals surface area contributed by atoms with Gasteiger partial charge in [0.05, 0.1) is 6.20 Å². The average Bonchev–Trinajstić information content (AvgIpc) is 2.74. The summed E-state index contributed by atoms with van der Waals surface area (Å²) < 4.78 is 1.86. The molecule has 0 fully saturated rings. The Morgan fingerprint density at radius 2 is 2.21 bits per heavy atom. The van der Waals surface area contributed by atoms with Crippen molar-refractivity contribution in [3.05, 3.63) is 47.8 Å². The van der Waals surface area contributed by atoms with Gasteiger partial charge in [-0.3, -0.25) is 4.68 Å². The number of nitrogens with zero attached hydrogens (tertiary/aromatic N) is 3. The monoisotopic (exact) mass is 256 g/mol. The summed E-state index contributed by atoms with van der Waals surface area (Å²) in [6.07, 6.45) is 4.04. The van der Waals surface area contributed by atoms with Gasteiger partial charge in [0, 0.05) is 50.2 Å². The molecule has 0 saturated carbocycles. The molecule has 1 aromatic carbocycles. The predicted octanol–water partition coefficient (Wildman–Crippen LogP) is 1.92. The molecule has 0 saturated heterocycles. The van der Waals surface area contributed by atoms with E-state index in [1.54, 1.807) is 0 Å². The van der Waals surface area contributed by atoms with E-state index in [9.17, 15) is 0 Å². The SMILES string of the molecule is CC1CN(Cc2cnn(C)c2)c2ccccc2CN1. The van der Waals surface area contributed by atoms with E-state index in [1.165, 1.54) is 16.8 Å². The predicted molar refractivity (Wildman–Crippen MR) is 77.0 cm³/mol. The molecule has 1 unspecified atom stereocenters. The molecule has 0 radical (unpaired) electrons. The summed E-state index contributed by atoms with van der Waals surface area (Å²) in [7, 11) is 1.96. The Balaban J connectivity index is 1.89. The minimum atomic E-state index is 0.490. The van der Waals surface area contributed by atoms with Crippen LogP contribution in [0, 0.1) is 0 Å². The number of para-hydroxylation sites is 1. The summed E-state index contributed by atoms with van der Waals surface area (Å²) >= 11 is 0. The molecule has 4 nitrogen and oxygen atoms in total. The van der Waals surface area contributed by atoms with Crippen molar-refractivity contribution >= 4 is 5.69 Å². The van der Waals surface area contributed by atoms with Crippen LogP contribution in [-0.2, 0) is 20.1 Å². The van der Waals surface area contributed by atoms with Gasteiger partial charge in [-0.1, -0.05) is 18.2 Å². The smallest absolute Gasteiger partial charge is 0.0539 e. The molecule has 1 aliphatic heterocycles. The van der Waals surface area contributed by atoms with Crippen LogP contribution in [0.3, 0.4) is 0 Å². The van der Waals surface area contributed by atoms with E-state index in [1.807, 2.05) is 17.9 Å². The van der Waals surface area contributed by atoms with Crippen molar-refractivity contribution < 1.29 is 0 Å². The maximum atomic E-state index is 4.25. The summed E-state index contributed by atoms with van der Waals surface area (Å²) in [5.41, 5.74) is 3.96. The molecule has 2 aromatic rings. The fourth-order valence-corrected chi connectivity index (χ4v) is 2.67. The lowest BCUT2D eigenvalue weighted by Gasteiger charge is -2.25. The molecule has 1 atom stereocenters. The molecular formula is C15H20N4. The van der Waals surface area contributed by atoms with Gasteiger partial charge in [0.25, 0.3) is 0 Å². The third-order valence-electron chi connectivity index (χ3n) is 3.60. The van der Waals surface area contributed by atoms with Crippen LogP contribution in [0.5, 0.6) is 0 Å². The number of aryl methyl sites for hydroxylation is 1. The van der Waals surface area contributed by atoms with Crippen molar-refractivity contribution in [3.63, 3.8) is 0 Å². The highest BCUT2D eigenvalue weighted by Crippen LogP contribution is 2.24. The van der Waals surface area contributed by atoms with Gasteiger partial charge in [0.1, 0.15) is 0 Å². The number of benzene rings is 1. The molecule has 19 heavy (non-hydrogen) atoms. The standard InChI is InChI=1S/C15H20N4/c1-12-9-19(11-13-7-17-18(2)10-13)15-6-4-3-5-14(15)8-16-12/h3-7,10,12,16H,8-9,11H2,1-2H3. The zero-order valence-electron chi connectivity index (χ0n) is 11.5. The number of hydrogen-bond donors (Lipinski definition) is 1. The molecule has 2 heterocycles. The summed E-state index contributed by atoms with van der Waals surface area (Å²) in [5.74, 6) is 0. The summed E-state index contributed by atoms with van der Waals surface area (Å²) in [5, 5.41) is 7.81. The van der Waals surface area contributed by atoms with E-state index in [4.69, 9.17) is 0 Å². The summed E-state index contributed by atoms with van der Waals surface area (Å²) in [6.45, 7) is 5.12. The maximum Gasteiger partial charge on any atom is 0.0539 e.